The number of nitrogens with one attached hydrogen (secondary N) is 1. The van der Waals surface area contributed by atoms with E-state index >= 15 is 0 Å². The van der Waals surface area contributed by atoms with Gasteiger partial charge in [-0.1, -0.05) is 0 Å². The summed E-state index contributed by atoms with van der Waals surface area (Å²) in [4.78, 5) is 22.8. The van der Waals surface area contributed by atoms with E-state index in [0.717, 1.165) is 30.5 Å². The third kappa shape index (κ3) is 3.86. The number of benzene rings is 1. The van der Waals surface area contributed by atoms with Gasteiger partial charge in [0.15, 0.2) is 5.76 Å². The van der Waals surface area contributed by atoms with E-state index in [-0.39, 0.29) is 29.4 Å². The molecule has 0 bridgehead atoms. The third-order valence-electron chi connectivity index (χ3n) is 2.93. The minimum atomic E-state index is -4.59. The van der Waals surface area contributed by atoms with Crippen LogP contribution >= 0.6 is 0 Å². The summed E-state index contributed by atoms with van der Waals surface area (Å²) in [5.74, 6) is -2.51. The molecule has 0 radical (unpaired) electrons. The van der Waals surface area contributed by atoms with Crippen molar-refractivity contribution in [3.63, 3.8) is 0 Å². The van der Waals surface area contributed by atoms with Gasteiger partial charge in [0.05, 0.1) is 23.4 Å². The number of carbonyl (C=O) groups excluding carboxylic acids is 1. The zero-order valence-electron chi connectivity index (χ0n) is 12.3. The van der Waals surface area contributed by atoms with E-state index in [9.17, 15) is 22.8 Å². The lowest BCUT2D eigenvalue weighted by atomic mass is 10.1. The molecule has 0 saturated carbocycles. The monoisotopic (exact) mass is 343 g/mol. The molecule has 2 aromatic rings. The van der Waals surface area contributed by atoms with Gasteiger partial charge in [0.1, 0.15) is 12.0 Å². The van der Waals surface area contributed by atoms with Crippen molar-refractivity contribution in [3.05, 3.63) is 47.4 Å². The summed E-state index contributed by atoms with van der Waals surface area (Å²) in [7, 11) is 0. The molecule has 1 heterocycles. The lowest BCUT2D eigenvalue weighted by Gasteiger charge is -2.14. The van der Waals surface area contributed by atoms with E-state index in [4.69, 9.17) is 14.3 Å². The number of amides is 1. The van der Waals surface area contributed by atoms with Gasteiger partial charge < -0.3 is 19.6 Å². The number of carboxylic acids is 1. The molecule has 0 atom stereocenters. The van der Waals surface area contributed by atoms with Gasteiger partial charge in [0, 0.05) is 6.07 Å². The van der Waals surface area contributed by atoms with Crippen LogP contribution in [0.25, 0.3) is 0 Å². The topological polar surface area (TPSA) is 88.8 Å². The summed E-state index contributed by atoms with van der Waals surface area (Å²) in [5.41, 5.74) is -1.42. The first-order chi connectivity index (χ1) is 11.2. The van der Waals surface area contributed by atoms with Crippen LogP contribution in [0.5, 0.6) is 5.75 Å². The lowest BCUT2D eigenvalue weighted by Crippen LogP contribution is -2.14. The predicted molar refractivity (Wildman–Crippen MR) is 76.2 cm³/mol. The van der Waals surface area contributed by atoms with Crippen LogP contribution in [0.15, 0.2) is 34.9 Å². The van der Waals surface area contributed by atoms with Crippen LogP contribution in [0.2, 0.25) is 0 Å². The first kappa shape index (κ1) is 17.4. The molecule has 0 unspecified atom stereocenters. The van der Waals surface area contributed by atoms with E-state index in [1.165, 1.54) is 0 Å². The number of hydrogen-bond acceptors (Lipinski definition) is 4. The molecule has 2 rings (SSSR count). The Hall–Kier alpha value is -2.97. The average Bonchev–Trinajstić information content (AvgIpc) is 2.98. The fourth-order valence-electron chi connectivity index (χ4n) is 1.84. The van der Waals surface area contributed by atoms with Crippen molar-refractivity contribution in [1.82, 2.24) is 0 Å². The molecule has 1 aromatic carbocycles. The van der Waals surface area contributed by atoms with E-state index in [1.54, 1.807) is 6.92 Å². The summed E-state index contributed by atoms with van der Waals surface area (Å²) >= 11 is 0. The highest BCUT2D eigenvalue weighted by Gasteiger charge is 2.31. The van der Waals surface area contributed by atoms with E-state index in [1.807, 2.05) is 0 Å². The molecular weight excluding hydrogens is 331 g/mol. The number of furan rings is 1. The van der Waals surface area contributed by atoms with Crippen molar-refractivity contribution in [2.45, 2.75) is 13.1 Å². The number of aromatic carboxylic acids is 1. The molecule has 0 spiro atoms. The predicted octanol–water partition coefficient (Wildman–Crippen LogP) is 3.65. The highest BCUT2D eigenvalue weighted by molar-refractivity contribution is 6.04. The molecule has 1 amide bonds. The molecule has 9 heteroatoms. The van der Waals surface area contributed by atoms with Gasteiger partial charge in [-0.2, -0.15) is 13.2 Å². The molecule has 0 fully saturated rings. The van der Waals surface area contributed by atoms with E-state index in [0.29, 0.717) is 0 Å². The summed E-state index contributed by atoms with van der Waals surface area (Å²) in [6.07, 6.45) is -3.74. The first-order valence-corrected chi connectivity index (χ1v) is 6.69. The van der Waals surface area contributed by atoms with Crippen LogP contribution in [0.3, 0.4) is 0 Å². The van der Waals surface area contributed by atoms with Gasteiger partial charge in [-0.3, -0.25) is 4.79 Å². The fourth-order valence-corrected chi connectivity index (χ4v) is 1.84. The summed E-state index contributed by atoms with van der Waals surface area (Å²) < 4.78 is 48.4. The Kier molecular flexibility index (Phi) is 4.82. The molecule has 0 aliphatic carbocycles. The van der Waals surface area contributed by atoms with Crippen molar-refractivity contribution >= 4 is 17.6 Å². The molecule has 0 aliphatic heterocycles. The van der Waals surface area contributed by atoms with Crippen molar-refractivity contribution in [2.24, 2.45) is 0 Å². The number of halogens is 3. The normalized spacial score (nSPS) is 11.2. The maximum absolute atomic E-state index is 12.8. The summed E-state index contributed by atoms with van der Waals surface area (Å²) in [6.45, 7) is 1.81. The van der Waals surface area contributed by atoms with Gasteiger partial charge in [0.2, 0.25) is 0 Å². The quantitative estimate of drug-likeness (QED) is 0.865. The minimum Gasteiger partial charge on any atom is -0.492 e. The minimum absolute atomic E-state index is 0.0452. The lowest BCUT2D eigenvalue weighted by molar-refractivity contribution is -0.137. The Bertz CT molecular complexity index is 767. The first-order valence-electron chi connectivity index (χ1n) is 6.69. The molecule has 0 aliphatic rings. The maximum atomic E-state index is 12.8. The van der Waals surface area contributed by atoms with Crippen molar-refractivity contribution in [2.75, 3.05) is 11.9 Å². The Morgan fingerprint density at radius 2 is 2.00 bits per heavy atom. The molecule has 0 saturated heterocycles. The van der Waals surface area contributed by atoms with Crippen LogP contribution < -0.4 is 10.1 Å². The van der Waals surface area contributed by atoms with Crippen LogP contribution in [-0.4, -0.2) is 23.6 Å². The van der Waals surface area contributed by atoms with E-state index in [2.05, 4.69) is 5.32 Å². The second-order valence-electron chi connectivity index (χ2n) is 4.60. The largest absolute Gasteiger partial charge is 0.492 e. The summed E-state index contributed by atoms with van der Waals surface area (Å²) in [5, 5.41) is 11.0. The summed E-state index contributed by atoms with van der Waals surface area (Å²) in [6, 6.07) is 3.61. The SMILES string of the molecule is CCOc1ccc(C(F)(F)F)cc1NC(=O)c1cc(C(=O)O)co1. The third-order valence-corrected chi connectivity index (χ3v) is 2.93. The molecular formula is C15H12F3NO5. The zero-order chi connectivity index (χ0) is 17.9. The Balaban J connectivity index is 2.31. The van der Waals surface area contributed by atoms with Gasteiger partial charge in [-0.25, -0.2) is 4.79 Å². The second kappa shape index (κ2) is 6.65. The van der Waals surface area contributed by atoms with Crippen LogP contribution in [0.4, 0.5) is 18.9 Å². The number of anilines is 1. The van der Waals surface area contributed by atoms with Crippen molar-refractivity contribution in [1.29, 1.82) is 0 Å². The second-order valence-corrected chi connectivity index (χ2v) is 4.60. The molecule has 128 valence electrons. The Morgan fingerprint density at radius 3 is 2.54 bits per heavy atom. The average molecular weight is 343 g/mol. The van der Waals surface area contributed by atoms with Crippen LogP contribution in [0.1, 0.15) is 33.4 Å². The number of hydrogen-bond donors (Lipinski definition) is 2. The molecule has 24 heavy (non-hydrogen) atoms. The highest BCUT2D eigenvalue weighted by Crippen LogP contribution is 2.35. The van der Waals surface area contributed by atoms with Crippen LogP contribution in [-0.2, 0) is 6.18 Å². The number of carbonyl (C=O) groups is 2. The van der Waals surface area contributed by atoms with Crippen molar-refractivity contribution in [3.8, 4) is 5.75 Å². The van der Waals surface area contributed by atoms with Gasteiger partial charge in [-0.15, -0.1) is 0 Å². The number of ether oxygens (including phenoxy) is 1. The molecule has 2 N–H and O–H groups in total. The van der Waals surface area contributed by atoms with Crippen molar-refractivity contribution < 1.29 is 37.0 Å². The Morgan fingerprint density at radius 1 is 1.29 bits per heavy atom. The highest BCUT2D eigenvalue weighted by atomic mass is 19.4. The molecule has 6 nitrogen and oxygen atoms in total. The van der Waals surface area contributed by atoms with Gasteiger partial charge in [-0.05, 0) is 25.1 Å². The maximum Gasteiger partial charge on any atom is 0.416 e. The smallest absolute Gasteiger partial charge is 0.416 e. The number of carboxylic acid groups (broad SMARTS) is 1. The van der Waals surface area contributed by atoms with Crippen LogP contribution in [0, 0.1) is 0 Å². The number of alkyl halides is 3. The Labute approximate surface area is 133 Å². The fraction of sp³-hybridized carbons (Fsp3) is 0.200. The zero-order valence-corrected chi connectivity index (χ0v) is 12.3. The van der Waals surface area contributed by atoms with Gasteiger partial charge >= 0.3 is 12.1 Å². The standard InChI is InChI=1S/C15H12F3NO5/c1-2-23-11-4-3-9(15(16,17)18)6-10(11)19-13(20)12-5-8(7-24-12)14(21)22/h3-7H,2H2,1H3,(H,19,20)(H,21,22). The molecule has 1 aromatic heterocycles. The van der Waals surface area contributed by atoms with E-state index < -0.39 is 23.6 Å². The number of rotatable bonds is 5. The van der Waals surface area contributed by atoms with Gasteiger partial charge in [0.25, 0.3) is 5.91 Å².